The van der Waals surface area contributed by atoms with Crippen molar-refractivity contribution >= 4 is 28.8 Å². The quantitative estimate of drug-likeness (QED) is 0.117. The first-order chi connectivity index (χ1) is 22.1. The summed E-state index contributed by atoms with van der Waals surface area (Å²) >= 11 is 0. The number of nitrogen functional groups attached to an aromatic ring is 1. The van der Waals surface area contributed by atoms with E-state index in [9.17, 15) is 33.3 Å². The molecule has 1 aliphatic heterocycles. The third-order valence-corrected chi connectivity index (χ3v) is 7.51. The van der Waals surface area contributed by atoms with Crippen molar-refractivity contribution in [2.75, 3.05) is 30.8 Å². The Balaban J connectivity index is 1.33. The monoisotopic (exact) mass is 645 g/mol. The topological polar surface area (TPSA) is 190 Å². The fourth-order valence-electron chi connectivity index (χ4n) is 5.09. The molecule has 1 fully saturated rings. The average Bonchev–Trinajstić information content (AvgIpc) is 3.56. The van der Waals surface area contributed by atoms with Crippen LogP contribution in [0.4, 0.5) is 24.9 Å². The molecule has 0 spiro atoms. The predicted molar refractivity (Wildman–Crippen MR) is 160 cm³/mol. The number of carbonyl (C=O) groups is 1. The van der Waals surface area contributed by atoms with E-state index in [0.717, 1.165) is 16.7 Å². The maximum Gasteiger partial charge on any atom is 0.471 e. The highest BCUT2D eigenvalue weighted by atomic mass is 19.4. The average molecular weight is 646 g/mol. The van der Waals surface area contributed by atoms with Crippen molar-refractivity contribution in [1.82, 2.24) is 24.8 Å². The molecule has 0 bridgehead atoms. The highest BCUT2D eigenvalue weighted by Gasteiger charge is 2.45. The molecule has 7 N–H and O–H groups in total. The first kappa shape index (κ1) is 32.9. The second-order valence-electron chi connectivity index (χ2n) is 10.7. The van der Waals surface area contributed by atoms with E-state index in [2.05, 4.69) is 20.3 Å². The van der Waals surface area contributed by atoms with Crippen molar-refractivity contribution in [1.29, 1.82) is 0 Å². The summed E-state index contributed by atoms with van der Waals surface area (Å²) in [5, 5.41) is 35.8. The van der Waals surface area contributed by atoms with Crippen LogP contribution in [-0.2, 0) is 16.1 Å². The molecule has 5 rings (SSSR count). The molecule has 0 radical (unpaired) electrons. The van der Waals surface area contributed by atoms with Gasteiger partial charge in [0.15, 0.2) is 23.2 Å². The van der Waals surface area contributed by atoms with Gasteiger partial charge in [0.2, 0.25) is 5.95 Å². The van der Waals surface area contributed by atoms with Gasteiger partial charge in [0.25, 0.3) is 0 Å². The minimum absolute atomic E-state index is 0.0905. The summed E-state index contributed by atoms with van der Waals surface area (Å²) in [7, 11) is 0. The number of rotatable bonds is 13. The highest BCUT2D eigenvalue weighted by molar-refractivity contribution is 5.84. The van der Waals surface area contributed by atoms with Crippen molar-refractivity contribution in [3.05, 3.63) is 60.4 Å². The number of aliphatic hydroxyl groups excluding tert-OH is 3. The van der Waals surface area contributed by atoms with Crippen molar-refractivity contribution in [3.63, 3.8) is 0 Å². The molecule has 1 saturated heterocycles. The molecule has 4 aromatic rings. The minimum atomic E-state index is -4.91. The van der Waals surface area contributed by atoms with Gasteiger partial charge >= 0.3 is 12.1 Å². The molecule has 46 heavy (non-hydrogen) atoms. The molecule has 246 valence electrons. The smallest absolute Gasteiger partial charge is 0.471 e. The SMILES string of the molecule is Nc1ncnc2c1nc(NCc1ccc(-c3ccccc3)cc1OCCCCCNC(=O)C(F)(F)F)n2[C@@H]1O[C@H](CO)[C@@H](O)[C@H]1O. The Bertz CT molecular complexity index is 1640. The Morgan fingerprint density at radius 2 is 1.83 bits per heavy atom. The van der Waals surface area contributed by atoms with Gasteiger partial charge in [-0.3, -0.25) is 9.36 Å². The van der Waals surface area contributed by atoms with Crippen LogP contribution in [0.2, 0.25) is 0 Å². The Morgan fingerprint density at radius 3 is 2.54 bits per heavy atom. The zero-order chi connectivity index (χ0) is 32.8. The molecule has 1 aliphatic rings. The van der Waals surface area contributed by atoms with Crippen molar-refractivity contribution in [2.45, 2.75) is 56.5 Å². The van der Waals surface area contributed by atoms with E-state index < -0.39 is 43.2 Å². The van der Waals surface area contributed by atoms with Crippen LogP contribution in [0.5, 0.6) is 5.75 Å². The van der Waals surface area contributed by atoms with Gasteiger partial charge in [0.05, 0.1) is 13.2 Å². The summed E-state index contributed by atoms with van der Waals surface area (Å²) in [4.78, 5) is 23.8. The molecular weight excluding hydrogens is 611 g/mol. The van der Waals surface area contributed by atoms with Gasteiger partial charge in [-0.15, -0.1) is 0 Å². The van der Waals surface area contributed by atoms with Crippen LogP contribution in [0, 0.1) is 0 Å². The number of alkyl halides is 3. The molecule has 0 saturated carbocycles. The van der Waals surface area contributed by atoms with Gasteiger partial charge in [-0.2, -0.15) is 13.2 Å². The molecule has 1 amide bonds. The number of imidazole rings is 1. The Labute approximate surface area is 261 Å². The lowest BCUT2D eigenvalue weighted by molar-refractivity contribution is -0.173. The first-order valence-electron chi connectivity index (χ1n) is 14.6. The van der Waals surface area contributed by atoms with E-state index in [-0.39, 0.29) is 42.6 Å². The van der Waals surface area contributed by atoms with Crippen molar-refractivity contribution in [3.8, 4) is 16.9 Å². The maximum atomic E-state index is 12.4. The molecular formula is C30H34F3N7O6. The van der Waals surface area contributed by atoms with Crippen LogP contribution in [0.1, 0.15) is 31.1 Å². The minimum Gasteiger partial charge on any atom is -0.493 e. The fourth-order valence-corrected chi connectivity index (χ4v) is 5.09. The number of hydrogen-bond donors (Lipinski definition) is 6. The first-order valence-corrected chi connectivity index (χ1v) is 14.6. The lowest BCUT2D eigenvalue weighted by atomic mass is 10.0. The van der Waals surface area contributed by atoms with E-state index in [1.54, 1.807) is 0 Å². The number of halogens is 3. The number of ether oxygens (including phenoxy) is 2. The van der Waals surface area contributed by atoms with Crippen LogP contribution in [-0.4, -0.2) is 85.0 Å². The number of nitrogens with two attached hydrogens (primary N) is 1. The lowest BCUT2D eigenvalue weighted by Crippen LogP contribution is -2.37. The number of fused-ring (bicyclic) bond motifs is 1. The number of nitrogens with zero attached hydrogens (tertiary/aromatic N) is 4. The third-order valence-electron chi connectivity index (χ3n) is 7.51. The number of hydrogen-bond acceptors (Lipinski definition) is 11. The van der Waals surface area contributed by atoms with Gasteiger partial charge in [-0.25, -0.2) is 15.0 Å². The molecule has 2 aromatic heterocycles. The second kappa shape index (κ2) is 14.3. The number of anilines is 2. The zero-order valence-electron chi connectivity index (χ0n) is 24.5. The summed E-state index contributed by atoms with van der Waals surface area (Å²) in [5.41, 5.74) is 9.13. The lowest BCUT2D eigenvalue weighted by Gasteiger charge is -2.20. The number of carbonyl (C=O) groups excluding carboxylic acids is 1. The van der Waals surface area contributed by atoms with Gasteiger partial charge in [0.1, 0.15) is 30.4 Å². The molecule has 4 atom stereocenters. The standard InChI is InChI=1S/C30H34F3N7O6/c31-30(32,33)28(44)35-11-5-2-6-12-45-20-13-18(17-7-3-1-4-8-17)9-10-19(20)14-36-29-39-22-25(34)37-16-38-26(22)40(29)27-24(43)23(42)21(15-41)46-27/h1,3-4,7-10,13,16,21,23-24,27,41-43H,2,5-6,11-12,14-15H2,(H,35,44)(H,36,39)(H2,34,37,38)/t21-,23-,24-,27-/m1/s1. The number of aromatic nitrogens is 4. The van der Waals surface area contributed by atoms with Crippen LogP contribution < -0.4 is 21.1 Å². The van der Waals surface area contributed by atoms with Crippen molar-refractivity contribution in [2.24, 2.45) is 0 Å². The van der Waals surface area contributed by atoms with Gasteiger partial charge in [-0.1, -0.05) is 42.5 Å². The Kier molecular flexibility index (Phi) is 10.2. The van der Waals surface area contributed by atoms with E-state index in [1.165, 1.54) is 10.9 Å². The molecule has 2 aromatic carbocycles. The largest absolute Gasteiger partial charge is 0.493 e. The summed E-state index contributed by atoms with van der Waals surface area (Å²) in [5.74, 6) is -1.11. The predicted octanol–water partition coefficient (Wildman–Crippen LogP) is 2.53. The molecule has 0 unspecified atom stereocenters. The molecule has 3 heterocycles. The second-order valence-corrected chi connectivity index (χ2v) is 10.7. The van der Waals surface area contributed by atoms with Crippen LogP contribution in [0.15, 0.2) is 54.9 Å². The number of aliphatic hydroxyl groups is 3. The molecule has 16 heteroatoms. The number of amides is 1. The maximum absolute atomic E-state index is 12.4. The Morgan fingerprint density at radius 1 is 1.04 bits per heavy atom. The molecule has 13 nitrogen and oxygen atoms in total. The fraction of sp³-hybridized carbons (Fsp3) is 0.400. The normalized spacial score (nSPS) is 19.8. The number of benzene rings is 2. The van der Waals surface area contributed by atoms with Gasteiger partial charge < -0.3 is 41.2 Å². The van der Waals surface area contributed by atoms with Gasteiger partial charge in [0, 0.05) is 18.7 Å². The third kappa shape index (κ3) is 7.31. The van der Waals surface area contributed by atoms with Crippen LogP contribution in [0.25, 0.3) is 22.3 Å². The van der Waals surface area contributed by atoms with Crippen molar-refractivity contribution < 1.29 is 42.8 Å². The van der Waals surface area contributed by atoms with E-state index in [4.69, 9.17) is 15.2 Å². The summed E-state index contributed by atoms with van der Waals surface area (Å²) in [6.07, 6.45) is -7.20. The number of nitrogens with one attached hydrogen (secondary N) is 2. The highest BCUT2D eigenvalue weighted by Crippen LogP contribution is 2.36. The van der Waals surface area contributed by atoms with Crippen LogP contribution >= 0.6 is 0 Å². The van der Waals surface area contributed by atoms with Gasteiger partial charge in [-0.05, 0) is 36.5 Å². The Hall–Kier alpha value is -4.51. The van der Waals surface area contributed by atoms with E-state index in [0.29, 0.717) is 25.0 Å². The van der Waals surface area contributed by atoms with E-state index in [1.807, 2.05) is 53.8 Å². The summed E-state index contributed by atoms with van der Waals surface area (Å²) < 4.78 is 50.5. The summed E-state index contributed by atoms with van der Waals surface area (Å²) in [6, 6.07) is 15.4. The van der Waals surface area contributed by atoms with E-state index >= 15 is 0 Å². The zero-order valence-corrected chi connectivity index (χ0v) is 24.5. The van der Waals surface area contributed by atoms with Crippen LogP contribution in [0.3, 0.4) is 0 Å². The molecule has 0 aliphatic carbocycles. The number of unbranched alkanes of at least 4 members (excludes halogenated alkanes) is 2. The summed E-state index contributed by atoms with van der Waals surface area (Å²) in [6.45, 7) is -0.161.